The number of benzene rings is 1. The van der Waals surface area contributed by atoms with Crippen molar-refractivity contribution < 1.29 is 9.90 Å². The maximum Gasteiger partial charge on any atom is 0.358 e. The highest BCUT2D eigenvalue weighted by Crippen LogP contribution is 2.27. The van der Waals surface area contributed by atoms with E-state index in [0.29, 0.717) is 24.2 Å². The van der Waals surface area contributed by atoms with Crippen LogP contribution in [0.25, 0.3) is 10.9 Å². The number of nitriles is 1. The molecule has 0 radical (unpaired) electrons. The molecule has 1 aromatic carbocycles. The molecule has 2 aromatic rings. The summed E-state index contributed by atoms with van der Waals surface area (Å²) < 4.78 is 0. The van der Waals surface area contributed by atoms with Gasteiger partial charge in [-0.3, -0.25) is 0 Å². The van der Waals surface area contributed by atoms with E-state index in [9.17, 15) is 9.90 Å². The summed E-state index contributed by atoms with van der Waals surface area (Å²) >= 11 is 0. The van der Waals surface area contributed by atoms with Crippen molar-refractivity contribution in [2.24, 2.45) is 0 Å². The van der Waals surface area contributed by atoms with E-state index in [-0.39, 0.29) is 5.69 Å². The zero-order chi connectivity index (χ0) is 13.8. The molecule has 0 aliphatic heterocycles. The molecule has 96 valence electrons. The highest BCUT2D eigenvalue weighted by atomic mass is 16.4. The number of aromatic nitrogens is 2. The predicted octanol–water partition coefficient (Wildman–Crippen LogP) is 1.68. The number of carbonyl (C=O) groups is 1. The monoisotopic (exact) mass is 256 g/mol. The summed E-state index contributed by atoms with van der Waals surface area (Å²) in [5.41, 5.74) is 1.03. The van der Waals surface area contributed by atoms with Crippen molar-refractivity contribution in [1.29, 1.82) is 5.26 Å². The average molecular weight is 256 g/mol. The van der Waals surface area contributed by atoms with E-state index in [4.69, 9.17) is 5.26 Å². The van der Waals surface area contributed by atoms with Crippen molar-refractivity contribution >= 4 is 22.6 Å². The Morgan fingerprint density at radius 2 is 2.16 bits per heavy atom. The summed E-state index contributed by atoms with van der Waals surface area (Å²) in [4.78, 5) is 13.0. The molecule has 19 heavy (non-hydrogen) atoms. The Hall–Kier alpha value is -2.68. The fourth-order valence-corrected chi connectivity index (χ4v) is 1.90. The van der Waals surface area contributed by atoms with E-state index in [0.717, 1.165) is 5.39 Å². The number of anilines is 1. The smallest absolute Gasteiger partial charge is 0.358 e. The standard InChI is InChI=1S/C13H12N4O2/c1-17(8-4-7-14)12-9-5-2-3-6-10(9)15-16-11(12)13(18)19/h2-3,5-6H,4,8H2,1H3,(H,18,19). The largest absolute Gasteiger partial charge is 0.476 e. The molecule has 0 spiro atoms. The van der Waals surface area contributed by atoms with Gasteiger partial charge in [0.05, 0.1) is 23.7 Å². The Bertz CT molecular complexity index is 663. The van der Waals surface area contributed by atoms with Gasteiger partial charge in [0.25, 0.3) is 0 Å². The van der Waals surface area contributed by atoms with Crippen LogP contribution in [0.3, 0.4) is 0 Å². The first-order valence-electron chi connectivity index (χ1n) is 5.72. The SMILES string of the molecule is CN(CCC#N)c1c(C(=O)O)nnc2ccccc12. The number of hydrogen-bond donors (Lipinski definition) is 1. The maximum absolute atomic E-state index is 11.2. The summed E-state index contributed by atoms with van der Waals surface area (Å²) in [7, 11) is 1.74. The zero-order valence-electron chi connectivity index (χ0n) is 10.4. The fourth-order valence-electron chi connectivity index (χ4n) is 1.90. The Balaban J connectivity index is 2.62. The molecule has 6 heteroatoms. The highest BCUT2D eigenvalue weighted by molar-refractivity contribution is 6.02. The summed E-state index contributed by atoms with van der Waals surface area (Å²) in [6.07, 6.45) is 0.312. The van der Waals surface area contributed by atoms with E-state index in [1.807, 2.05) is 18.2 Å². The molecule has 0 bridgehead atoms. The molecule has 0 saturated heterocycles. The maximum atomic E-state index is 11.2. The molecule has 0 aliphatic carbocycles. The number of aromatic carboxylic acids is 1. The lowest BCUT2D eigenvalue weighted by atomic mass is 10.1. The number of carboxylic acid groups (broad SMARTS) is 1. The number of fused-ring (bicyclic) bond motifs is 1. The van der Waals surface area contributed by atoms with Gasteiger partial charge in [0.2, 0.25) is 0 Å². The van der Waals surface area contributed by atoms with E-state index in [1.165, 1.54) is 0 Å². The summed E-state index contributed by atoms with van der Waals surface area (Å²) in [6, 6.07) is 9.25. The number of carboxylic acids is 1. The minimum atomic E-state index is -1.13. The molecule has 0 aliphatic rings. The lowest BCUT2D eigenvalue weighted by molar-refractivity contribution is 0.0690. The third kappa shape index (κ3) is 2.45. The van der Waals surface area contributed by atoms with Crippen LogP contribution in [0.1, 0.15) is 16.9 Å². The van der Waals surface area contributed by atoms with Crippen LogP contribution in [0.5, 0.6) is 0 Å². The fraction of sp³-hybridized carbons (Fsp3) is 0.231. The van der Waals surface area contributed by atoms with E-state index in [1.54, 1.807) is 24.1 Å². The van der Waals surface area contributed by atoms with Gasteiger partial charge in [0.1, 0.15) is 0 Å². The molecular weight excluding hydrogens is 244 g/mol. The highest BCUT2D eigenvalue weighted by Gasteiger charge is 2.19. The third-order valence-electron chi connectivity index (χ3n) is 2.78. The molecule has 0 fully saturated rings. The molecule has 0 saturated carbocycles. The first kappa shape index (κ1) is 12.8. The Morgan fingerprint density at radius 3 is 2.84 bits per heavy atom. The van der Waals surface area contributed by atoms with Crippen molar-refractivity contribution in [2.45, 2.75) is 6.42 Å². The van der Waals surface area contributed by atoms with Crippen molar-refractivity contribution in [3.8, 4) is 6.07 Å². The number of nitrogens with zero attached hydrogens (tertiary/aromatic N) is 4. The average Bonchev–Trinajstić information content (AvgIpc) is 2.43. The Morgan fingerprint density at radius 1 is 1.42 bits per heavy atom. The van der Waals surface area contributed by atoms with E-state index >= 15 is 0 Å². The van der Waals surface area contributed by atoms with Gasteiger partial charge < -0.3 is 10.0 Å². The van der Waals surface area contributed by atoms with Crippen LogP contribution in [0.2, 0.25) is 0 Å². The van der Waals surface area contributed by atoms with Crippen LogP contribution < -0.4 is 4.90 Å². The minimum absolute atomic E-state index is 0.0980. The van der Waals surface area contributed by atoms with Gasteiger partial charge in [-0.1, -0.05) is 18.2 Å². The predicted molar refractivity (Wildman–Crippen MR) is 70.0 cm³/mol. The van der Waals surface area contributed by atoms with Gasteiger partial charge in [0, 0.05) is 19.0 Å². The summed E-state index contributed by atoms with van der Waals surface area (Å²) in [5.74, 6) is -1.13. The molecule has 0 amide bonds. The lowest BCUT2D eigenvalue weighted by Crippen LogP contribution is -2.22. The van der Waals surface area contributed by atoms with Gasteiger partial charge >= 0.3 is 5.97 Å². The molecule has 1 heterocycles. The molecule has 0 atom stereocenters. The molecule has 1 N–H and O–H groups in total. The second kappa shape index (κ2) is 5.31. The van der Waals surface area contributed by atoms with Gasteiger partial charge in [-0.2, -0.15) is 5.26 Å². The van der Waals surface area contributed by atoms with Crippen LogP contribution in [0, 0.1) is 11.3 Å². The van der Waals surface area contributed by atoms with E-state index < -0.39 is 5.97 Å². The van der Waals surface area contributed by atoms with Crippen molar-refractivity contribution in [1.82, 2.24) is 10.2 Å². The van der Waals surface area contributed by atoms with Gasteiger partial charge in [0.15, 0.2) is 5.69 Å². The van der Waals surface area contributed by atoms with Crippen LogP contribution in [0.15, 0.2) is 24.3 Å². The van der Waals surface area contributed by atoms with E-state index in [2.05, 4.69) is 10.2 Å². The van der Waals surface area contributed by atoms with Crippen LogP contribution in [-0.4, -0.2) is 34.9 Å². The Kier molecular flexibility index (Phi) is 3.57. The van der Waals surface area contributed by atoms with Crippen molar-refractivity contribution in [2.75, 3.05) is 18.5 Å². The lowest BCUT2D eigenvalue weighted by Gasteiger charge is -2.20. The quantitative estimate of drug-likeness (QED) is 0.895. The van der Waals surface area contributed by atoms with Crippen LogP contribution >= 0.6 is 0 Å². The third-order valence-corrected chi connectivity index (χ3v) is 2.78. The first-order valence-corrected chi connectivity index (χ1v) is 5.72. The van der Waals surface area contributed by atoms with Gasteiger partial charge in [-0.05, 0) is 6.07 Å². The van der Waals surface area contributed by atoms with Crippen LogP contribution in [-0.2, 0) is 0 Å². The van der Waals surface area contributed by atoms with Crippen molar-refractivity contribution in [3.63, 3.8) is 0 Å². The van der Waals surface area contributed by atoms with Crippen LogP contribution in [0.4, 0.5) is 5.69 Å². The summed E-state index contributed by atoms with van der Waals surface area (Å²) in [6.45, 7) is 0.437. The molecule has 2 rings (SSSR count). The van der Waals surface area contributed by atoms with Gasteiger partial charge in [-0.15, -0.1) is 10.2 Å². The topological polar surface area (TPSA) is 90.1 Å². The molecule has 6 nitrogen and oxygen atoms in total. The minimum Gasteiger partial charge on any atom is -0.476 e. The number of hydrogen-bond acceptors (Lipinski definition) is 5. The second-order valence-electron chi connectivity index (χ2n) is 4.05. The van der Waals surface area contributed by atoms with Gasteiger partial charge in [-0.25, -0.2) is 4.79 Å². The normalized spacial score (nSPS) is 10.1. The molecule has 0 unspecified atom stereocenters. The second-order valence-corrected chi connectivity index (χ2v) is 4.05. The Labute approximate surface area is 109 Å². The molecule has 1 aromatic heterocycles. The first-order chi connectivity index (χ1) is 9.15. The molecular formula is C13H12N4O2. The van der Waals surface area contributed by atoms with Crippen molar-refractivity contribution in [3.05, 3.63) is 30.0 Å². The zero-order valence-corrected chi connectivity index (χ0v) is 10.4. The summed E-state index contributed by atoms with van der Waals surface area (Å²) in [5, 5.41) is 26.2. The number of rotatable bonds is 4.